The lowest BCUT2D eigenvalue weighted by Crippen LogP contribution is -2.48. The van der Waals surface area contributed by atoms with Crippen molar-refractivity contribution >= 4 is 11.9 Å². The summed E-state index contributed by atoms with van der Waals surface area (Å²) in [6.07, 6.45) is 1.14. The second kappa shape index (κ2) is 5.03. The molecule has 1 fully saturated rings. The molecule has 0 aromatic heterocycles. The third-order valence-electron chi connectivity index (χ3n) is 3.65. The smallest absolute Gasteiger partial charge is 0.311 e. The van der Waals surface area contributed by atoms with Gasteiger partial charge in [-0.1, -0.05) is 0 Å². The highest BCUT2D eigenvalue weighted by Gasteiger charge is 2.39. The Bertz CT molecular complexity index is 536. The number of carbonyl (C=O) groups excluding carboxylic acids is 1. The monoisotopic (exact) mass is 279 g/mol. The molecule has 2 rings (SSSR count). The molecule has 1 aliphatic rings. The molecular formula is C14H17NO5. The molecule has 1 aliphatic heterocycles. The van der Waals surface area contributed by atoms with Crippen LogP contribution in [0.1, 0.15) is 30.1 Å². The zero-order valence-corrected chi connectivity index (χ0v) is 11.2. The molecule has 108 valence electrons. The fourth-order valence-corrected chi connectivity index (χ4v) is 2.49. The Labute approximate surface area is 116 Å². The third kappa shape index (κ3) is 2.68. The Balaban J connectivity index is 2.22. The highest BCUT2D eigenvalue weighted by Crippen LogP contribution is 2.31. The summed E-state index contributed by atoms with van der Waals surface area (Å²) in [5, 5.41) is 28.1. The first-order chi connectivity index (χ1) is 9.32. The molecule has 20 heavy (non-hydrogen) atoms. The lowest BCUT2D eigenvalue weighted by Gasteiger charge is -2.37. The van der Waals surface area contributed by atoms with Gasteiger partial charge in [0.05, 0.1) is 5.41 Å². The first-order valence-electron chi connectivity index (χ1n) is 6.37. The van der Waals surface area contributed by atoms with E-state index >= 15 is 0 Å². The Kier molecular flexibility index (Phi) is 3.57. The molecule has 0 spiro atoms. The summed E-state index contributed by atoms with van der Waals surface area (Å²) in [4.78, 5) is 25.0. The average molecular weight is 279 g/mol. The van der Waals surface area contributed by atoms with E-state index in [1.165, 1.54) is 17.0 Å². The van der Waals surface area contributed by atoms with Crippen LogP contribution in [-0.4, -0.2) is 45.2 Å². The summed E-state index contributed by atoms with van der Waals surface area (Å²) in [7, 11) is 0. The van der Waals surface area contributed by atoms with Crippen LogP contribution in [0.25, 0.3) is 0 Å². The van der Waals surface area contributed by atoms with Crippen molar-refractivity contribution in [3.8, 4) is 11.5 Å². The Morgan fingerprint density at radius 3 is 2.35 bits per heavy atom. The molecule has 1 amide bonds. The van der Waals surface area contributed by atoms with Gasteiger partial charge in [-0.2, -0.15) is 0 Å². The normalized spacial score (nSPS) is 22.6. The molecule has 0 bridgehead atoms. The first-order valence-corrected chi connectivity index (χ1v) is 6.37. The number of carboxylic acid groups (broad SMARTS) is 1. The van der Waals surface area contributed by atoms with Crippen LogP contribution in [-0.2, 0) is 4.79 Å². The zero-order valence-electron chi connectivity index (χ0n) is 11.2. The summed E-state index contributed by atoms with van der Waals surface area (Å²) in [6, 6.07) is 3.65. The second-order valence-corrected chi connectivity index (χ2v) is 5.43. The summed E-state index contributed by atoms with van der Waals surface area (Å²) in [5.74, 6) is -1.71. The summed E-state index contributed by atoms with van der Waals surface area (Å²) in [5.41, 5.74) is -0.801. The zero-order chi connectivity index (χ0) is 14.9. The van der Waals surface area contributed by atoms with E-state index in [2.05, 4.69) is 0 Å². The number of likely N-dealkylation sites (tertiary alicyclic amines) is 1. The predicted octanol–water partition coefficient (Wildman–Crippen LogP) is 1.42. The van der Waals surface area contributed by atoms with Gasteiger partial charge in [-0.05, 0) is 31.9 Å². The number of hydrogen-bond acceptors (Lipinski definition) is 4. The molecule has 1 unspecified atom stereocenters. The molecule has 0 aliphatic carbocycles. The number of rotatable bonds is 2. The Morgan fingerprint density at radius 1 is 1.20 bits per heavy atom. The first kappa shape index (κ1) is 14.2. The maximum Gasteiger partial charge on any atom is 0.311 e. The van der Waals surface area contributed by atoms with E-state index < -0.39 is 11.4 Å². The number of amides is 1. The number of hydrogen-bond donors (Lipinski definition) is 3. The minimum atomic E-state index is -0.952. The average Bonchev–Trinajstić information content (AvgIpc) is 2.36. The molecule has 1 heterocycles. The molecule has 1 saturated heterocycles. The number of piperidine rings is 1. The van der Waals surface area contributed by atoms with Gasteiger partial charge in [0, 0.05) is 24.7 Å². The molecule has 1 aromatic carbocycles. The van der Waals surface area contributed by atoms with E-state index in [-0.39, 0.29) is 29.5 Å². The molecular weight excluding hydrogens is 262 g/mol. The van der Waals surface area contributed by atoms with Crippen molar-refractivity contribution in [2.24, 2.45) is 5.41 Å². The van der Waals surface area contributed by atoms with Gasteiger partial charge in [-0.15, -0.1) is 0 Å². The van der Waals surface area contributed by atoms with Crippen LogP contribution in [0.3, 0.4) is 0 Å². The van der Waals surface area contributed by atoms with E-state index in [1.807, 2.05) is 0 Å². The molecule has 1 aromatic rings. The number of carbonyl (C=O) groups is 2. The van der Waals surface area contributed by atoms with Crippen molar-refractivity contribution in [3.63, 3.8) is 0 Å². The van der Waals surface area contributed by atoms with Gasteiger partial charge in [0.1, 0.15) is 11.5 Å². The van der Waals surface area contributed by atoms with E-state index in [0.29, 0.717) is 19.4 Å². The van der Waals surface area contributed by atoms with Gasteiger partial charge in [0.15, 0.2) is 0 Å². The summed E-state index contributed by atoms with van der Waals surface area (Å²) >= 11 is 0. The second-order valence-electron chi connectivity index (χ2n) is 5.43. The molecule has 6 heteroatoms. The highest BCUT2D eigenvalue weighted by atomic mass is 16.4. The van der Waals surface area contributed by atoms with Gasteiger partial charge in [0.25, 0.3) is 5.91 Å². The standard InChI is InChI=1S/C14H17NO5/c1-14(13(19)20)3-2-4-15(8-14)12(18)9-5-10(16)7-11(17)6-9/h5-7,16-17H,2-4,8H2,1H3,(H,19,20). The van der Waals surface area contributed by atoms with Gasteiger partial charge >= 0.3 is 5.97 Å². The Hall–Kier alpha value is -2.24. The van der Waals surface area contributed by atoms with Gasteiger partial charge in [-0.25, -0.2) is 0 Å². The fraction of sp³-hybridized carbons (Fsp3) is 0.429. The van der Waals surface area contributed by atoms with Gasteiger partial charge < -0.3 is 20.2 Å². The van der Waals surface area contributed by atoms with Crippen molar-refractivity contribution in [2.45, 2.75) is 19.8 Å². The van der Waals surface area contributed by atoms with Crippen LogP contribution in [0.4, 0.5) is 0 Å². The lowest BCUT2D eigenvalue weighted by molar-refractivity contribution is -0.150. The third-order valence-corrected chi connectivity index (χ3v) is 3.65. The van der Waals surface area contributed by atoms with Crippen LogP contribution < -0.4 is 0 Å². The van der Waals surface area contributed by atoms with Crippen molar-refractivity contribution in [3.05, 3.63) is 23.8 Å². The summed E-state index contributed by atoms with van der Waals surface area (Å²) < 4.78 is 0. The minimum absolute atomic E-state index is 0.123. The maximum atomic E-state index is 12.3. The van der Waals surface area contributed by atoms with Crippen LogP contribution in [0, 0.1) is 5.41 Å². The van der Waals surface area contributed by atoms with Gasteiger partial charge in [0.2, 0.25) is 0 Å². The lowest BCUT2D eigenvalue weighted by atomic mass is 9.82. The number of carboxylic acids is 1. The predicted molar refractivity (Wildman–Crippen MR) is 70.7 cm³/mol. The number of nitrogens with zero attached hydrogens (tertiary/aromatic N) is 1. The largest absolute Gasteiger partial charge is 0.508 e. The fourth-order valence-electron chi connectivity index (χ4n) is 2.49. The number of aromatic hydroxyl groups is 2. The van der Waals surface area contributed by atoms with E-state index in [1.54, 1.807) is 6.92 Å². The van der Waals surface area contributed by atoms with Crippen molar-refractivity contribution < 1.29 is 24.9 Å². The molecule has 0 saturated carbocycles. The van der Waals surface area contributed by atoms with Crippen molar-refractivity contribution in [1.82, 2.24) is 4.90 Å². The molecule has 6 nitrogen and oxygen atoms in total. The van der Waals surface area contributed by atoms with E-state index in [9.17, 15) is 24.9 Å². The minimum Gasteiger partial charge on any atom is -0.508 e. The van der Waals surface area contributed by atoms with Crippen LogP contribution in [0.15, 0.2) is 18.2 Å². The van der Waals surface area contributed by atoms with Crippen LogP contribution in [0.5, 0.6) is 11.5 Å². The van der Waals surface area contributed by atoms with Crippen molar-refractivity contribution in [2.75, 3.05) is 13.1 Å². The molecule has 0 radical (unpaired) electrons. The van der Waals surface area contributed by atoms with Crippen LogP contribution in [0.2, 0.25) is 0 Å². The van der Waals surface area contributed by atoms with E-state index in [0.717, 1.165) is 6.07 Å². The Morgan fingerprint density at radius 2 is 1.80 bits per heavy atom. The highest BCUT2D eigenvalue weighted by molar-refractivity contribution is 5.95. The van der Waals surface area contributed by atoms with Crippen LogP contribution >= 0.6 is 0 Å². The van der Waals surface area contributed by atoms with Gasteiger partial charge in [-0.3, -0.25) is 9.59 Å². The summed E-state index contributed by atoms with van der Waals surface area (Å²) in [6.45, 7) is 2.21. The number of phenols is 2. The molecule has 1 atom stereocenters. The quantitative estimate of drug-likeness (QED) is 0.760. The SMILES string of the molecule is CC1(C(=O)O)CCCN(C(=O)c2cc(O)cc(O)c2)C1. The topological polar surface area (TPSA) is 98.1 Å². The number of benzene rings is 1. The number of phenolic OH excluding ortho intramolecular Hbond substituents is 2. The number of aliphatic carboxylic acids is 1. The molecule has 3 N–H and O–H groups in total. The maximum absolute atomic E-state index is 12.3. The van der Waals surface area contributed by atoms with E-state index in [4.69, 9.17) is 0 Å². The van der Waals surface area contributed by atoms with Crippen molar-refractivity contribution in [1.29, 1.82) is 0 Å².